The van der Waals surface area contributed by atoms with Crippen molar-refractivity contribution in [1.82, 2.24) is 4.90 Å². The van der Waals surface area contributed by atoms with E-state index in [9.17, 15) is 4.39 Å². The Morgan fingerprint density at radius 2 is 2.00 bits per heavy atom. The Balaban J connectivity index is 2.21. The number of hydrogen-bond donors (Lipinski definition) is 2. The molecule has 3 nitrogen and oxygen atoms in total. The number of benzene rings is 2. The lowest BCUT2D eigenvalue weighted by Gasteiger charge is -2.37. The molecular formula is C27H30FN3. The number of nitrogens with one attached hydrogen (secondary N) is 2. The molecule has 3 rings (SSSR count). The summed E-state index contributed by atoms with van der Waals surface area (Å²) in [6.07, 6.45) is 9.32. The molecule has 2 atom stereocenters. The van der Waals surface area contributed by atoms with Gasteiger partial charge in [0, 0.05) is 17.8 Å². The fourth-order valence-corrected chi connectivity index (χ4v) is 4.17. The van der Waals surface area contributed by atoms with Gasteiger partial charge in [-0.15, -0.1) is 0 Å². The number of rotatable bonds is 7. The van der Waals surface area contributed by atoms with Crippen LogP contribution in [0.5, 0.6) is 0 Å². The second-order valence-corrected chi connectivity index (χ2v) is 8.01. The Morgan fingerprint density at radius 3 is 2.65 bits per heavy atom. The van der Waals surface area contributed by atoms with Crippen LogP contribution < -0.4 is 5.32 Å². The summed E-state index contributed by atoms with van der Waals surface area (Å²) in [6, 6.07) is 11.0. The largest absolute Gasteiger partial charge is 0.377 e. The lowest BCUT2D eigenvalue weighted by atomic mass is 9.76. The SMILES string of the molecule is C=C/C(=C\C=C/C)C1Nc2cc(F)cc(C=C)c2C(=N)C1c1cccc(CN(C)C)c1. The maximum absolute atomic E-state index is 14.3. The first kappa shape index (κ1) is 22.4. The number of nitrogens with zero attached hydrogens (tertiary/aromatic N) is 1. The molecule has 1 heterocycles. The number of hydrogen-bond acceptors (Lipinski definition) is 3. The minimum Gasteiger partial charge on any atom is -0.377 e. The van der Waals surface area contributed by atoms with E-state index in [4.69, 9.17) is 5.41 Å². The first-order valence-corrected chi connectivity index (χ1v) is 10.4. The summed E-state index contributed by atoms with van der Waals surface area (Å²) >= 11 is 0. The molecule has 0 bridgehead atoms. The van der Waals surface area contributed by atoms with Crippen molar-refractivity contribution in [3.8, 4) is 0 Å². The fraction of sp³-hybridized carbons (Fsp3) is 0.222. The molecule has 31 heavy (non-hydrogen) atoms. The van der Waals surface area contributed by atoms with Crippen molar-refractivity contribution < 1.29 is 4.39 Å². The van der Waals surface area contributed by atoms with Gasteiger partial charge >= 0.3 is 0 Å². The van der Waals surface area contributed by atoms with Crippen LogP contribution in [-0.2, 0) is 6.54 Å². The third kappa shape index (κ3) is 4.75. The normalized spacial score (nSPS) is 18.7. The minimum atomic E-state index is -0.350. The molecule has 0 aromatic heterocycles. The van der Waals surface area contributed by atoms with Gasteiger partial charge in [0.05, 0.1) is 17.7 Å². The fourth-order valence-electron chi connectivity index (χ4n) is 4.17. The Labute approximate surface area is 184 Å². The number of allylic oxidation sites excluding steroid dienone is 3. The van der Waals surface area contributed by atoms with Crippen molar-refractivity contribution in [3.63, 3.8) is 0 Å². The molecule has 0 amide bonds. The molecule has 1 aliphatic rings. The minimum absolute atomic E-state index is 0.247. The summed E-state index contributed by atoms with van der Waals surface area (Å²) in [7, 11) is 4.08. The van der Waals surface area contributed by atoms with Gasteiger partial charge in [-0.1, -0.05) is 67.8 Å². The predicted molar refractivity (Wildman–Crippen MR) is 130 cm³/mol. The molecule has 0 radical (unpaired) electrons. The molecule has 0 spiro atoms. The van der Waals surface area contributed by atoms with Crippen LogP contribution >= 0.6 is 0 Å². The molecular weight excluding hydrogens is 385 g/mol. The first-order valence-electron chi connectivity index (χ1n) is 10.4. The second-order valence-electron chi connectivity index (χ2n) is 8.01. The molecule has 2 aromatic carbocycles. The van der Waals surface area contributed by atoms with Gasteiger partial charge in [0.15, 0.2) is 0 Å². The smallest absolute Gasteiger partial charge is 0.125 e. The van der Waals surface area contributed by atoms with Gasteiger partial charge in [-0.25, -0.2) is 4.39 Å². The van der Waals surface area contributed by atoms with Crippen LogP contribution in [0.1, 0.15) is 35.1 Å². The molecule has 1 aliphatic heterocycles. The second kappa shape index (κ2) is 9.71. The van der Waals surface area contributed by atoms with E-state index in [0.29, 0.717) is 22.5 Å². The van der Waals surface area contributed by atoms with Crippen LogP contribution in [0.4, 0.5) is 10.1 Å². The van der Waals surface area contributed by atoms with Gasteiger partial charge in [-0.2, -0.15) is 0 Å². The summed E-state index contributed by atoms with van der Waals surface area (Å²) < 4.78 is 14.3. The third-order valence-electron chi connectivity index (χ3n) is 5.46. The van der Waals surface area contributed by atoms with Gasteiger partial charge < -0.3 is 15.6 Å². The highest BCUT2D eigenvalue weighted by molar-refractivity contribution is 6.12. The van der Waals surface area contributed by atoms with E-state index in [0.717, 1.165) is 17.7 Å². The molecule has 2 unspecified atom stereocenters. The number of anilines is 1. The van der Waals surface area contributed by atoms with Gasteiger partial charge in [0.25, 0.3) is 0 Å². The first-order chi connectivity index (χ1) is 14.9. The van der Waals surface area contributed by atoms with E-state index < -0.39 is 0 Å². The molecule has 0 saturated heterocycles. The van der Waals surface area contributed by atoms with Gasteiger partial charge in [0.1, 0.15) is 5.82 Å². The standard InChI is InChI=1S/C27H30FN3/c1-6-9-12-19(7-2)27-25(21-13-10-11-18(14-21)17-31(4)5)26(29)24-20(8-3)15-22(28)16-23(24)30-27/h6-16,25,27,29-30H,2-3,17H2,1,4-5H3/b9-6-,19-12+,29-26?. The maximum Gasteiger partial charge on any atom is 0.125 e. The van der Waals surface area contributed by atoms with Crippen molar-refractivity contribution in [2.75, 3.05) is 19.4 Å². The Kier molecular flexibility index (Phi) is 7.03. The quantitative estimate of drug-likeness (QED) is 0.531. The van der Waals surface area contributed by atoms with E-state index in [1.165, 1.54) is 17.7 Å². The van der Waals surface area contributed by atoms with Crippen molar-refractivity contribution >= 4 is 17.5 Å². The Morgan fingerprint density at radius 1 is 1.23 bits per heavy atom. The van der Waals surface area contributed by atoms with Crippen molar-refractivity contribution in [1.29, 1.82) is 5.41 Å². The Hall–Kier alpha value is -3.24. The highest BCUT2D eigenvalue weighted by Gasteiger charge is 2.36. The maximum atomic E-state index is 14.3. The highest BCUT2D eigenvalue weighted by Crippen LogP contribution is 2.40. The van der Waals surface area contributed by atoms with E-state index in [1.807, 2.05) is 45.3 Å². The lowest BCUT2D eigenvalue weighted by molar-refractivity contribution is 0.402. The number of halogens is 1. The predicted octanol–water partition coefficient (Wildman–Crippen LogP) is 6.16. The van der Waals surface area contributed by atoms with Gasteiger partial charge in [-0.3, -0.25) is 0 Å². The molecule has 0 saturated carbocycles. The molecule has 160 valence electrons. The summed E-state index contributed by atoms with van der Waals surface area (Å²) in [5, 5.41) is 12.7. The van der Waals surface area contributed by atoms with Gasteiger partial charge in [0.2, 0.25) is 0 Å². The zero-order valence-corrected chi connectivity index (χ0v) is 18.5. The topological polar surface area (TPSA) is 39.1 Å². The van der Waals surface area contributed by atoms with Crippen molar-refractivity contribution in [2.45, 2.75) is 25.4 Å². The zero-order chi connectivity index (χ0) is 22.5. The molecule has 4 heteroatoms. The van der Waals surface area contributed by atoms with Crippen LogP contribution in [-0.4, -0.2) is 30.7 Å². The molecule has 0 fully saturated rings. The summed E-state index contributed by atoms with van der Waals surface area (Å²) in [6.45, 7) is 10.6. The monoisotopic (exact) mass is 415 g/mol. The Bertz CT molecular complexity index is 1060. The van der Waals surface area contributed by atoms with Crippen LogP contribution in [0.3, 0.4) is 0 Å². The van der Waals surface area contributed by atoms with Crippen molar-refractivity contribution in [2.24, 2.45) is 0 Å². The highest BCUT2D eigenvalue weighted by atomic mass is 19.1. The van der Waals surface area contributed by atoms with Crippen LogP contribution in [0.25, 0.3) is 6.08 Å². The summed E-state index contributed by atoms with van der Waals surface area (Å²) in [5.41, 5.74) is 5.55. The third-order valence-corrected chi connectivity index (χ3v) is 5.46. The van der Waals surface area contributed by atoms with E-state index in [-0.39, 0.29) is 17.8 Å². The van der Waals surface area contributed by atoms with E-state index in [2.05, 4.69) is 41.6 Å². The van der Waals surface area contributed by atoms with Gasteiger partial charge in [-0.05, 0) is 55.4 Å². The zero-order valence-electron chi connectivity index (χ0n) is 18.5. The average molecular weight is 416 g/mol. The number of fused-ring (bicyclic) bond motifs is 1. The van der Waals surface area contributed by atoms with Crippen molar-refractivity contribution in [3.05, 3.63) is 108 Å². The summed E-state index contributed by atoms with van der Waals surface area (Å²) in [5.74, 6) is -0.606. The average Bonchev–Trinajstić information content (AvgIpc) is 2.73. The van der Waals surface area contributed by atoms with E-state index >= 15 is 0 Å². The van der Waals surface area contributed by atoms with Crippen LogP contribution in [0, 0.1) is 11.2 Å². The lowest BCUT2D eigenvalue weighted by Crippen LogP contribution is -2.39. The van der Waals surface area contributed by atoms with Crippen LogP contribution in [0.15, 0.2) is 79.4 Å². The summed E-state index contributed by atoms with van der Waals surface area (Å²) in [4.78, 5) is 2.12. The molecule has 2 N–H and O–H groups in total. The molecule has 2 aromatic rings. The van der Waals surface area contributed by atoms with Crippen LogP contribution in [0.2, 0.25) is 0 Å². The molecule has 0 aliphatic carbocycles. The van der Waals surface area contributed by atoms with E-state index in [1.54, 1.807) is 12.2 Å².